The van der Waals surface area contributed by atoms with Crippen LogP contribution in [0, 0.1) is 0 Å². The van der Waals surface area contributed by atoms with Crippen LogP contribution in [0.15, 0.2) is 59.1 Å². The molecular formula is C30H25BrClNO13. The molecule has 16 heteroatoms. The number of rotatable bonds is 12. The Hall–Kier alpha value is -5.15. The van der Waals surface area contributed by atoms with E-state index < -0.39 is 48.0 Å². The van der Waals surface area contributed by atoms with Crippen LogP contribution < -0.4 is 24.3 Å². The van der Waals surface area contributed by atoms with E-state index in [2.05, 4.69) is 21.2 Å². The molecule has 0 fully saturated rings. The number of halogens is 2. The maximum absolute atomic E-state index is 13.5. The van der Waals surface area contributed by atoms with E-state index in [0.29, 0.717) is 4.47 Å². The van der Waals surface area contributed by atoms with E-state index in [1.807, 2.05) is 0 Å². The lowest BCUT2D eigenvalue weighted by Crippen LogP contribution is -2.48. The maximum Gasteiger partial charge on any atom is 0.349 e. The molecule has 0 spiro atoms. The van der Waals surface area contributed by atoms with E-state index >= 15 is 0 Å². The van der Waals surface area contributed by atoms with Gasteiger partial charge in [0.2, 0.25) is 12.2 Å². The molecule has 0 heterocycles. The van der Waals surface area contributed by atoms with Gasteiger partial charge in [0, 0.05) is 18.3 Å². The van der Waals surface area contributed by atoms with Crippen molar-refractivity contribution >= 4 is 69.0 Å². The van der Waals surface area contributed by atoms with Gasteiger partial charge in [-0.05, 0) is 54.6 Å². The number of nitrogens with one attached hydrogen (secondary N) is 1. The Morgan fingerprint density at radius 1 is 0.717 bits per heavy atom. The Bertz CT molecular complexity index is 1690. The number of amides is 1. The summed E-state index contributed by atoms with van der Waals surface area (Å²) >= 11 is 9.42. The summed E-state index contributed by atoms with van der Waals surface area (Å²) in [6.45, 7) is 2.30. The molecule has 0 aromatic heterocycles. The van der Waals surface area contributed by atoms with Gasteiger partial charge in [-0.1, -0.05) is 27.5 Å². The van der Waals surface area contributed by atoms with Gasteiger partial charge in [-0.2, -0.15) is 0 Å². The highest BCUT2D eigenvalue weighted by atomic mass is 79.9. The van der Waals surface area contributed by atoms with Crippen LogP contribution >= 0.6 is 27.5 Å². The van der Waals surface area contributed by atoms with Crippen molar-refractivity contribution in [2.45, 2.75) is 26.1 Å². The number of methoxy groups -OCH3 is 2. The number of hydrogen-bond acceptors (Lipinski definition) is 12. The van der Waals surface area contributed by atoms with Crippen molar-refractivity contribution in [3.8, 4) is 23.0 Å². The van der Waals surface area contributed by atoms with Gasteiger partial charge in [-0.25, -0.2) is 14.4 Å². The van der Waals surface area contributed by atoms with E-state index in [4.69, 9.17) is 40.0 Å². The molecule has 2 atom stereocenters. The predicted molar refractivity (Wildman–Crippen MR) is 162 cm³/mol. The first kappa shape index (κ1) is 35.3. The second-order valence-corrected chi connectivity index (χ2v) is 10.3. The average molecular weight is 723 g/mol. The lowest BCUT2D eigenvalue weighted by molar-refractivity contribution is -0.157. The molecule has 14 nitrogen and oxygen atoms in total. The molecule has 3 rings (SSSR count). The average Bonchev–Trinajstić information content (AvgIpc) is 2.99. The van der Waals surface area contributed by atoms with Gasteiger partial charge < -0.3 is 38.8 Å². The molecular weight excluding hydrogens is 698 g/mol. The molecule has 1 amide bonds. The van der Waals surface area contributed by atoms with Gasteiger partial charge in [-0.3, -0.25) is 14.4 Å². The number of carboxylic acid groups (broad SMARTS) is 1. The van der Waals surface area contributed by atoms with Crippen LogP contribution in [0.1, 0.15) is 34.6 Å². The topological polar surface area (TPSA) is 190 Å². The maximum atomic E-state index is 13.5. The lowest BCUT2D eigenvalue weighted by atomic mass is 10.1. The molecule has 3 aromatic rings. The highest BCUT2D eigenvalue weighted by molar-refractivity contribution is 9.10. The molecule has 0 aliphatic carbocycles. The van der Waals surface area contributed by atoms with Gasteiger partial charge >= 0.3 is 29.8 Å². The first-order chi connectivity index (χ1) is 21.7. The highest BCUT2D eigenvalue weighted by Gasteiger charge is 2.41. The van der Waals surface area contributed by atoms with Crippen molar-refractivity contribution in [2.24, 2.45) is 0 Å². The van der Waals surface area contributed by atoms with Crippen LogP contribution in [-0.2, 0) is 28.7 Å². The third-order valence-electron chi connectivity index (χ3n) is 5.74. The van der Waals surface area contributed by atoms with E-state index in [1.54, 1.807) is 0 Å². The smallest absolute Gasteiger partial charge is 0.349 e. The fraction of sp³-hybridized carbons (Fsp3) is 0.200. The molecule has 242 valence electrons. The molecule has 3 aromatic carbocycles. The van der Waals surface area contributed by atoms with Crippen LogP contribution in [0.5, 0.6) is 23.0 Å². The van der Waals surface area contributed by atoms with Gasteiger partial charge in [0.05, 0.1) is 36.1 Å². The summed E-state index contributed by atoms with van der Waals surface area (Å²) in [5.74, 6) is -7.08. The monoisotopic (exact) mass is 721 g/mol. The van der Waals surface area contributed by atoms with Gasteiger partial charge in [0.15, 0.2) is 23.0 Å². The third-order valence-corrected chi connectivity index (χ3v) is 6.55. The standard InChI is InChI=1S/C30H25BrClNO13/c1-14(34)43-21-9-5-16(11-23(21)41-3)29(39)45-25(27(36)33-20-8-7-18(31)13-19(20)32)26(28(37)38)46-30(40)17-6-10-22(44-15(2)35)24(12-17)42-4/h5-13,25-26H,1-4H3,(H,33,36)(H,37,38)/t25-,26+/m1/s1. The molecule has 0 unspecified atom stereocenters. The van der Waals surface area contributed by atoms with Crippen molar-refractivity contribution < 1.29 is 62.3 Å². The van der Waals surface area contributed by atoms with Gasteiger partial charge in [0.25, 0.3) is 5.91 Å². The molecule has 46 heavy (non-hydrogen) atoms. The summed E-state index contributed by atoms with van der Waals surface area (Å²) in [6, 6.07) is 11.3. The van der Waals surface area contributed by atoms with Crippen molar-refractivity contribution in [1.82, 2.24) is 0 Å². The number of anilines is 1. The minimum absolute atomic E-state index is 0.0181. The Balaban J connectivity index is 1.99. The van der Waals surface area contributed by atoms with Crippen LogP contribution in [-0.4, -0.2) is 67.3 Å². The fourth-order valence-electron chi connectivity index (χ4n) is 3.72. The first-order valence-corrected chi connectivity index (χ1v) is 14.0. The first-order valence-electron chi connectivity index (χ1n) is 12.9. The number of hydrogen-bond donors (Lipinski definition) is 2. The van der Waals surface area contributed by atoms with Crippen LogP contribution in [0.25, 0.3) is 0 Å². The third kappa shape index (κ3) is 9.18. The van der Waals surface area contributed by atoms with Crippen molar-refractivity contribution in [2.75, 3.05) is 19.5 Å². The van der Waals surface area contributed by atoms with Gasteiger partial charge in [0.1, 0.15) is 0 Å². The zero-order valence-corrected chi connectivity index (χ0v) is 26.8. The SMILES string of the molecule is COc1cc(C(=O)O[C@H](C(=O)O)[C@@H](OC(=O)c2ccc(OC(C)=O)c(OC)c2)C(=O)Nc2ccc(Br)cc2Cl)ccc1OC(C)=O. The number of ether oxygens (including phenoxy) is 6. The Morgan fingerprint density at radius 2 is 1.20 bits per heavy atom. The van der Waals surface area contributed by atoms with Crippen LogP contribution in [0.3, 0.4) is 0 Å². The summed E-state index contributed by atoms with van der Waals surface area (Å²) in [5.41, 5.74) is -0.482. The van der Waals surface area contributed by atoms with E-state index in [0.717, 1.165) is 32.0 Å². The van der Waals surface area contributed by atoms with E-state index in [-0.39, 0.29) is 44.8 Å². The predicted octanol–water partition coefficient (Wildman–Crippen LogP) is 4.44. The van der Waals surface area contributed by atoms with Crippen LogP contribution in [0.2, 0.25) is 5.02 Å². The second kappa shape index (κ2) is 15.7. The summed E-state index contributed by atoms with van der Waals surface area (Å²) in [5, 5.41) is 12.5. The largest absolute Gasteiger partial charge is 0.493 e. The number of aliphatic carboxylic acids is 1. The fourth-order valence-corrected chi connectivity index (χ4v) is 4.44. The molecule has 0 radical (unpaired) electrons. The van der Waals surface area contributed by atoms with E-state index in [1.165, 1.54) is 50.6 Å². The molecule has 0 saturated carbocycles. The summed E-state index contributed by atoms with van der Waals surface area (Å²) < 4.78 is 31.3. The van der Waals surface area contributed by atoms with Gasteiger partial charge in [-0.15, -0.1) is 0 Å². The lowest BCUT2D eigenvalue weighted by Gasteiger charge is -2.24. The molecule has 0 aliphatic heterocycles. The zero-order chi connectivity index (χ0) is 34.1. The number of carboxylic acids is 1. The summed E-state index contributed by atoms with van der Waals surface area (Å²) in [4.78, 5) is 74.9. The number of carbonyl (C=O) groups excluding carboxylic acids is 5. The van der Waals surface area contributed by atoms with Crippen molar-refractivity contribution in [3.63, 3.8) is 0 Å². The Labute approximate surface area is 274 Å². The highest BCUT2D eigenvalue weighted by Crippen LogP contribution is 2.31. The zero-order valence-electron chi connectivity index (χ0n) is 24.5. The summed E-state index contributed by atoms with van der Waals surface area (Å²) in [6.07, 6.45) is -4.68. The van der Waals surface area contributed by atoms with E-state index in [9.17, 15) is 33.9 Å². The molecule has 2 N–H and O–H groups in total. The summed E-state index contributed by atoms with van der Waals surface area (Å²) in [7, 11) is 2.47. The number of esters is 4. The minimum Gasteiger partial charge on any atom is -0.493 e. The Kier molecular flexibility index (Phi) is 12.1. The minimum atomic E-state index is -2.40. The molecule has 0 bridgehead atoms. The van der Waals surface area contributed by atoms with Crippen molar-refractivity contribution in [3.05, 3.63) is 75.2 Å². The quantitative estimate of drug-likeness (QED) is 0.197. The van der Waals surface area contributed by atoms with Crippen LogP contribution in [0.4, 0.5) is 5.69 Å². The normalized spacial score (nSPS) is 11.7. The molecule has 0 saturated heterocycles. The number of carbonyl (C=O) groups is 6. The molecule has 0 aliphatic rings. The second-order valence-electron chi connectivity index (χ2n) is 9.02. The van der Waals surface area contributed by atoms with Crippen molar-refractivity contribution in [1.29, 1.82) is 0 Å². The Morgan fingerprint density at radius 3 is 1.61 bits per heavy atom. The number of benzene rings is 3.